The van der Waals surface area contributed by atoms with E-state index < -0.39 is 15.9 Å². The molecule has 0 aromatic heterocycles. The molecular formula is C20H24N4O5S. The number of hydrogen-bond acceptors (Lipinski definition) is 6. The number of piperazine rings is 1. The molecule has 0 saturated carbocycles. The third-order valence-electron chi connectivity index (χ3n) is 4.85. The lowest BCUT2D eigenvalue weighted by Crippen LogP contribution is -2.50. The van der Waals surface area contributed by atoms with E-state index in [0.29, 0.717) is 43.2 Å². The smallest absolute Gasteiger partial charge is 0.248 e. The van der Waals surface area contributed by atoms with E-state index >= 15 is 0 Å². The molecule has 2 aromatic rings. The van der Waals surface area contributed by atoms with E-state index in [0.717, 1.165) is 0 Å². The molecule has 0 bridgehead atoms. The second-order valence-electron chi connectivity index (χ2n) is 6.85. The van der Waals surface area contributed by atoms with Crippen LogP contribution in [0, 0.1) is 0 Å². The Morgan fingerprint density at radius 2 is 1.60 bits per heavy atom. The number of ether oxygens (including phenoxy) is 1. The SMILES string of the molecule is COc1ccc(S(=O)(=O)N2CCN(CC(=O)Nc3ccc(C(N)=O)cc3)CC2)cc1. The van der Waals surface area contributed by atoms with Crippen molar-refractivity contribution in [3.8, 4) is 5.75 Å². The van der Waals surface area contributed by atoms with E-state index in [2.05, 4.69) is 5.32 Å². The number of benzene rings is 2. The first-order valence-electron chi connectivity index (χ1n) is 9.36. The monoisotopic (exact) mass is 432 g/mol. The second kappa shape index (κ2) is 9.24. The van der Waals surface area contributed by atoms with Gasteiger partial charge in [0.15, 0.2) is 0 Å². The Kier molecular flexibility index (Phi) is 6.70. The largest absolute Gasteiger partial charge is 0.497 e. The van der Waals surface area contributed by atoms with Crippen molar-refractivity contribution in [2.24, 2.45) is 5.73 Å². The molecule has 10 heteroatoms. The molecule has 1 fully saturated rings. The molecule has 3 N–H and O–H groups in total. The van der Waals surface area contributed by atoms with E-state index in [1.54, 1.807) is 36.4 Å². The maximum Gasteiger partial charge on any atom is 0.248 e. The number of sulfonamides is 1. The first-order chi connectivity index (χ1) is 14.3. The van der Waals surface area contributed by atoms with Crippen LogP contribution in [0.25, 0.3) is 0 Å². The number of amides is 2. The van der Waals surface area contributed by atoms with E-state index in [1.165, 1.54) is 23.5 Å². The van der Waals surface area contributed by atoms with Crippen molar-refractivity contribution >= 4 is 27.5 Å². The van der Waals surface area contributed by atoms with Gasteiger partial charge in [-0.05, 0) is 48.5 Å². The predicted octanol–water partition coefficient (Wildman–Crippen LogP) is 0.739. The van der Waals surface area contributed by atoms with Gasteiger partial charge in [0.2, 0.25) is 21.8 Å². The lowest BCUT2D eigenvalue weighted by Gasteiger charge is -2.33. The number of anilines is 1. The van der Waals surface area contributed by atoms with Crippen LogP contribution in [-0.2, 0) is 14.8 Å². The fourth-order valence-corrected chi connectivity index (χ4v) is 4.57. The average molecular weight is 433 g/mol. The van der Waals surface area contributed by atoms with Crippen molar-refractivity contribution in [2.75, 3.05) is 45.2 Å². The Bertz CT molecular complexity index is 998. The zero-order valence-corrected chi connectivity index (χ0v) is 17.4. The lowest BCUT2D eigenvalue weighted by atomic mass is 10.2. The second-order valence-corrected chi connectivity index (χ2v) is 8.78. The Labute approximate surface area is 175 Å². The Morgan fingerprint density at radius 3 is 2.13 bits per heavy atom. The van der Waals surface area contributed by atoms with Crippen LogP contribution in [-0.4, -0.2) is 69.3 Å². The van der Waals surface area contributed by atoms with Crippen LogP contribution in [0.2, 0.25) is 0 Å². The fraction of sp³-hybridized carbons (Fsp3) is 0.300. The Balaban J connectivity index is 1.52. The summed E-state index contributed by atoms with van der Waals surface area (Å²) in [7, 11) is -2.06. The number of carbonyl (C=O) groups is 2. The van der Waals surface area contributed by atoms with Crippen molar-refractivity contribution in [1.82, 2.24) is 9.21 Å². The number of primary amides is 1. The molecular weight excluding hydrogens is 408 g/mol. The number of carbonyl (C=O) groups excluding carboxylic acids is 2. The number of nitrogens with two attached hydrogens (primary N) is 1. The van der Waals surface area contributed by atoms with Gasteiger partial charge in [0.25, 0.3) is 0 Å². The van der Waals surface area contributed by atoms with Crippen molar-refractivity contribution in [3.05, 3.63) is 54.1 Å². The molecule has 1 aliphatic heterocycles. The van der Waals surface area contributed by atoms with E-state index in [4.69, 9.17) is 10.5 Å². The van der Waals surface area contributed by atoms with Gasteiger partial charge in [-0.2, -0.15) is 4.31 Å². The molecule has 0 unspecified atom stereocenters. The minimum absolute atomic E-state index is 0.147. The van der Waals surface area contributed by atoms with Crippen LogP contribution in [0.15, 0.2) is 53.4 Å². The number of nitrogens with one attached hydrogen (secondary N) is 1. The van der Waals surface area contributed by atoms with Gasteiger partial charge in [-0.25, -0.2) is 8.42 Å². The maximum atomic E-state index is 12.8. The summed E-state index contributed by atoms with van der Waals surface area (Å²) in [5.74, 6) is -0.155. The first-order valence-corrected chi connectivity index (χ1v) is 10.8. The molecule has 9 nitrogen and oxygen atoms in total. The minimum Gasteiger partial charge on any atom is -0.497 e. The third-order valence-corrected chi connectivity index (χ3v) is 6.76. The average Bonchev–Trinajstić information content (AvgIpc) is 2.74. The molecule has 1 heterocycles. The highest BCUT2D eigenvalue weighted by Gasteiger charge is 2.29. The van der Waals surface area contributed by atoms with Gasteiger partial charge in [0.1, 0.15) is 5.75 Å². The molecule has 0 atom stereocenters. The zero-order valence-electron chi connectivity index (χ0n) is 16.6. The van der Waals surface area contributed by atoms with Crippen molar-refractivity contribution in [3.63, 3.8) is 0 Å². The summed E-state index contributed by atoms with van der Waals surface area (Å²) in [5.41, 5.74) is 6.12. The number of rotatable bonds is 7. The first kappa shape index (κ1) is 21.8. The van der Waals surface area contributed by atoms with Crippen molar-refractivity contribution < 1.29 is 22.7 Å². The third kappa shape index (κ3) is 5.15. The summed E-state index contributed by atoms with van der Waals surface area (Å²) >= 11 is 0. The van der Waals surface area contributed by atoms with Gasteiger partial charge in [0.05, 0.1) is 18.6 Å². The standard InChI is InChI=1S/C20H24N4O5S/c1-29-17-6-8-18(9-7-17)30(27,28)24-12-10-23(11-13-24)14-19(25)22-16-4-2-15(3-5-16)20(21)26/h2-9H,10-14H2,1H3,(H2,21,26)(H,22,25). The molecule has 0 aliphatic carbocycles. The molecule has 3 rings (SSSR count). The summed E-state index contributed by atoms with van der Waals surface area (Å²) in [6.45, 7) is 1.64. The minimum atomic E-state index is -3.59. The Morgan fingerprint density at radius 1 is 1.00 bits per heavy atom. The quantitative estimate of drug-likeness (QED) is 0.665. The van der Waals surface area contributed by atoms with Crippen LogP contribution < -0.4 is 15.8 Å². The summed E-state index contributed by atoms with van der Waals surface area (Å²) < 4.78 is 32.1. The molecule has 160 valence electrons. The molecule has 1 aliphatic rings. The van der Waals surface area contributed by atoms with Gasteiger partial charge < -0.3 is 15.8 Å². The predicted molar refractivity (Wildman–Crippen MR) is 112 cm³/mol. The van der Waals surface area contributed by atoms with Crippen LogP contribution in [0.5, 0.6) is 5.75 Å². The van der Waals surface area contributed by atoms with Gasteiger partial charge in [-0.15, -0.1) is 0 Å². The Hall–Kier alpha value is -2.95. The highest BCUT2D eigenvalue weighted by atomic mass is 32.2. The van der Waals surface area contributed by atoms with Crippen LogP contribution in [0.4, 0.5) is 5.69 Å². The summed E-state index contributed by atoms with van der Waals surface area (Å²) in [6.07, 6.45) is 0. The number of nitrogens with zero attached hydrogens (tertiary/aromatic N) is 2. The highest BCUT2D eigenvalue weighted by Crippen LogP contribution is 2.20. The molecule has 30 heavy (non-hydrogen) atoms. The van der Waals surface area contributed by atoms with E-state index in [9.17, 15) is 18.0 Å². The maximum absolute atomic E-state index is 12.8. The topological polar surface area (TPSA) is 122 Å². The molecule has 0 spiro atoms. The summed E-state index contributed by atoms with van der Waals surface area (Å²) in [4.78, 5) is 25.5. The molecule has 2 aromatic carbocycles. The van der Waals surface area contributed by atoms with Gasteiger partial charge in [0, 0.05) is 37.4 Å². The van der Waals surface area contributed by atoms with Gasteiger partial charge >= 0.3 is 0 Å². The van der Waals surface area contributed by atoms with Crippen molar-refractivity contribution in [2.45, 2.75) is 4.90 Å². The highest BCUT2D eigenvalue weighted by molar-refractivity contribution is 7.89. The van der Waals surface area contributed by atoms with Gasteiger partial charge in [-0.1, -0.05) is 0 Å². The fourth-order valence-electron chi connectivity index (χ4n) is 3.15. The van der Waals surface area contributed by atoms with E-state index in [-0.39, 0.29) is 17.3 Å². The van der Waals surface area contributed by atoms with Crippen molar-refractivity contribution in [1.29, 1.82) is 0 Å². The molecule has 1 saturated heterocycles. The van der Waals surface area contributed by atoms with Gasteiger partial charge in [-0.3, -0.25) is 14.5 Å². The lowest BCUT2D eigenvalue weighted by molar-refractivity contribution is -0.117. The number of methoxy groups -OCH3 is 1. The van der Waals surface area contributed by atoms with Crippen LogP contribution >= 0.6 is 0 Å². The summed E-state index contributed by atoms with van der Waals surface area (Å²) in [5, 5.41) is 2.76. The van der Waals surface area contributed by atoms with E-state index in [1.807, 2.05) is 4.90 Å². The molecule has 2 amide bonds. The van der Waals surface area contributed by atoms with Crippen LogP contribution in [0.1, 0.15) is 10.4 Å². The normalized spacial score (nSPS) is 15.5. The zero-order chi connectivity index (χ0) is 21.7. The van der Waals surface area contributed by atoms with Crippen LogP contribution in [0.3, 0.4) is 0 Å². The summed E-state index contributed by atoms with van der Waals surface area (Å²) in [6, 6.07) is 12.6. The number of hydrogen-bond donors (Lipinski definition) is 2. The molecule has 0 radical (unpaired) electrons.